The largest absolute Gasteiger partial charge is 0.416 e. The Labute approximate surface area is 101 Å². The van der Waals surface area contributed by atoms with E-state index in [-0.39, 0.29) is 6.04 Å². The lowest BCUT2D eigenvalue weighted by molar-refractivity contribution is -0.137. The minimum atomic E-state index is -4.30. The van der Waals surface area contributed by atoms with Crippen molar-refractivity contribution < 1.29 is 13.2 Å². The summed E-state index contributed by atoms with van der Waals surface area (Å²) in [7, 11) is 0. The van der Waals surface area contributed by atoms with Gasteiger partial charge < -0.3 is 5.73 Å². The summed E-state index contributed by atoms with van der Waals surface area (Å²) in [6.45, 7) is 0. The van der Waals surface area contributed by atoms with Crippen molar-refractivity contribution in [1.82, 2.24) is 0 Å². The summed E-state index contributed by atoms with van der Waals surface area (Å²) in [5, 5.41) is 3.78. The predicted molar refractivity (Wildman–Crippen MR) is 61.8 cm³/mol. The first-order valence-corrected chi connectivity index (χ1v) is 5.87. The Balaban J connectivity index is 2.24. The molecular formula is C12H10F3NS. The highest BCUT2D eigenvalue weighted by molar-refractivity contribution is 7.08. The summed E-state index contributed by atoms with van der Waals surface area (Å²) in [4.78, 5) is 0. The summed E-state index contributed by atoms with van der Waals surface area (Å²) >= 11 is 1.51. The molecule has 0 amide bonds. The summed E-state index contributed by atoms with van der Waals surface area (Å²) < 4.78 is 37.1. The van der Waals surface area contributed by atoms with Gasteiger partial charge in [-0.1, -0.05) is 12.1 Å². The van der Waals surface area contributed by atoms with Gasteiger partial charge in [-0.3, -0.25) is 0 Å². The second kappa shape index (κ2) is 4.50. The minimum Gasteiger partial charge on any atom is -0.320 e. The van der Waals surface area contributed by atoms with Crippen molar-refractivity contribution in [2.24, 2.45) is 5.73 Å². The van der Waals surface area contributed by atoms with Crippen LogP contribution in [0.25, 0.3) is 0 Å². The van der Waals surface area contributed by atoms with Crippen LogP contribution in [0.5, 0.6) is 0 Å². The Morgan fingerprint density at radius 1 is 1.00 bits per heavy atom. The number of rotatable bonds is 2. The molecule has 1 aromatic heterocycles. The second-order valence-electron chi connectivity index (χ2n) is 3.65. The first kappa shape index (κ1) is 12.1. The van der Waals surface area contributed by atoms with Crippen LogP contribution in [0, 0.1) is 0 Å². The number of alkyl halides is 3. The smallest absolute Gasteiger partial charge is 0.320 e. The standard InChI is InChI=1S/C12H10F3NS/c13-12(14,15)10-3-1-8(2-4-10)11(16)9-5-6-17-7-9/h1-7,11H,16H2. The summed E-state index contributed by atoms with van der Waals surface area (Å²) in [6, 6.07) is 6.45. The molecule has 1 unspecified atom stereocenters. The lowest BCUT2D eigenvalue weighted by Gasteiger charge is -2.12. The van der Waals surface area contributed by atoms with E-state index in [0.717, 1.165) is 17.7 Å². The maximum atomic E-state index is 12.4. The van der Waals surface area contributed by atoms with E-state index in [1.165, 1.54) is 23.5 Å². The van der Waals surface area contributed by atoms with E-state index in [1.807, 2.05) is 16.8 Å². The lowest BCUT2D eigenvalue weighted by atomic mass is 10.0. The quantitative estimate of drug-likeness (QED) is 0.869. The van der Waals surface area contributed by atoms with E-state index in [0.29, 0.717) is 5.56 Å². The van der Waals surface area contributed by atoms with Gasteiger partial charge in [-0.2, -0.15) is 24.5 Å². The number of nitrogens with two attached hydrogens (primary N) is 1. The zero-order valence-electron chi connectivity index (χ0n) is 8.74. The third-order valence-corrected chi connectivity index (χ3v) is 3.20. The molecule has 0 bridgehead atoms. The topological polar surface area (TPSA) is 26.0 Å². The van der Waals surface area contributed by atoms with Gasteiger partial charge in [-0.25, -0.2) is 0 Å². The molecule has 0 radical (unpaired) electrons. The van der Waals surface area contributed by atoms with Crippen LogP contribution in [0.2, 0.25) is 0 Å². The zero-order valence-corrected chi connectivity index (χ0v) is 9.55. The predicted octanol–water partition coefficient (Wildman–Crippen LogP) is 3.82. The van der Waals surface area contributed by atoms with Crippen molar-refractivity contribution in [2.75, 3.05) is 0 Å². The Hall–Kier alpha value is -1.33. The van der Waals surface area contributed by atoms with Gasteiger partial charge in [0.25, 0.3) is 0 Å². The fourth-order valence-corrected chi connectivity index (χ4v) is 2.22. The summed E-state index contributed by atoms with van der Waals surface area (Å²) in [5.41, 5.74) is 6.88. The minimum absolute atomic E-state index is 0.372. The fourth-order valence-electron chi connectivity index (χ4n) is 1.52. The van der Waals surface area contributed by atoms with Crippen molar-refractivity contribution in [3.05, 3.63) is 57.8 Å². The van der Waals surface area contributed by atoms with Crippen LogP contribution >= 0.6 is 11.3 Å². The Morgan fingerprint density at radius 2 is 1.65 bits per heavy atom. The van der Waals surface area contributed by atoms with E-state index in [4.69, 9.17) is 5.73 Å². The van der Waals surface area contributed by atoms with Gasteiger partial charge >= 0.3 is 6.18 Å². The molecule has 1 nitrogen and oxygen atoms in total. The molecule has 90 valence electrons. The molecule has 0 saturated carbocycles. The monoisotopic (exact) mass is 257 g/mol. The number of halogens is 3. The molecule has 0 aliphatic heterocycles. The number of hydrogen-bond donors (Lipinski definition) is 1. The molecule has 5 heteroatoms. The van der Waals surface area contributed by atoms with Gasteiger partial charge in [0, 0.05) is 0 Å². The van der Waals surface area contributed by atoms with E-state index in [1.54, 1.807) is 0 Å². The maximum absolute atomic E-state index is 12.4. The molecule has 0 fully saturated rings. The molecule has 1 heterocycles. The molecule has 0 aliphatic carbocycles. The average molecular weight is 257 g/mol. The normalized spacial score (nSPS) is 13.6. The summed E-state index contributed by atoms with van der Waals surface area (Å²) in [6.07, 6.45) is -4.30. The zero-order chi connectivity index (χ0) is 12.5. The third-order valence-electron chi connectivity index (χ3n) is 2.50. The highest BCUT2D eigenvalue weighted by Gasteiger charge is 2.30. The van der Waals surface area contributed by atoms with E-state index in [9.17, 15) is 13.2 Å². The molecule has 0 spiro atoms. The number of thiophene rings is 1. The van der Waals surface area contributed by atoms with Gasteiger partial charge in [0.2, 0.25) is 0 Å². The Kier molecular flexibility index (Phi) is 3.22. The molecular weight excluding hydrogens is 247 g/mol. The van der Waals surface area contributed by atoms with Crippen molar-refractivity contribution in [2.45, 2.75) is 12.2 Å². The van der Waals surface area contributed by atoms with Crippen LogP contribution in [0.1, 0.15) is 22.7 Å². The first-order chi connectivity index (χ1) is 7.98. The number of benzene rings is 1. The third kappa shape index (κ3) is 2.68. The van der Waals surface area contributed by atoms with Crippen LogP contribution < -0.4 is 5.73 Å². The number of hydrogen-bond acceptors (Lipinski definition) is 2. The SMILES string of the molecule is NC(c1ccc(C(F)(F)F)cc1)c1ccsc1. The van der Waals surface area contributed by atoms with Crippen molar-refractivity contribution in [1.29, 1.82) is 0 Å². The second-order valence-corrected chi connectivity index (χ2v) is 4.43. The Morgan fingerprint density at radius 3 is 2.12 bits per heavy atom. The van der Waals surface area contributed by atoms with Crippen LogP contribution in [0.3, 0.4) is 0 Å². The molecule has 2 N–H and O–H groups in total. The maximum Gasteiger partial charge on any atom is 0.416 e. The van der Waals surface area contributed by atoms with Crippen LogP contribution in [-0.4, -0.2) is 0 Å². The van der Waals surface area contributed by atoms with E-state index < -0.39 is 11.7 Å². The van der Waals surface area contributed by atoms with Gasteiger partial charge in [0.15, 0.2) is 0 Å². The van der Waals surface area contributed by atoms with E-state index >= 15 is 0 Å². The van der Waals surface area contributed by atoms with Crippen molar-refractivity contribution >= 4 is 11.3 Å². The molecule has 0 aliphatic rings. The van der Waals surface area contributed by atoms with Gasteiger partial charge in [0.1, 0.15) is 0 Å². The molecule has 17 heavy (non-hydrogen) atoms. The highest BCUT2D eigenvalue weighted by atomic mass is 32.1. The van der Waals surface area contributed by atoms with Crippen LogP contribution in [-0.2, 0) is 6.18 Å². The molecule has 2 aromatic rings. The Bertz CT molecular complexity index is 473. The summed E-state index contributed by atoms with van der Waals surface area (Å²) in [5.74, 6) is 0. The van der Waals surface area contributed by atoms with Gasteiger partial charge in [-0.15, -0.1) is 0 Å². The first-order valence-electron chi connectivity index (χ1n) is 4.93. The molecule has 0 saturated heterocycles. The average Bonchev–Trinajstić information content (AvgIpc) is 2.80. The fraction of sp³-hybridized carbons (Fsp3) is 0.167. The van der Waals surface area contributed by atoms with Gasteiger partial charge in [0.05, 0.1) is 11.6 Å². The van der Waals surface area contributed by atoms with Crippen LogP contribution in [0.4, 0.5) is 13.2 Å². The van der Waals surface area contributed by atoms with Gasteiger partial charge in [-0.05, 0) is 40.1 Å². The lowest BCUT2D eigenvalue weighted by Crippen LogP contribution is -2.11. The van der Waals surface area contributed by atoms with Crippen molar-refractivity contribution in [3.8, 4) is 0 Å². The molecule has 1 atom stereocenters. The highest BCUT2D eigenvalue weighted by Crippen LogP contribution is 2.30. The van der Waals surface area contributed by atoms with Crippen LogP contribution in [0.15, 0.2) is 41.1 Å². The molecule has 1 aromatic carbocycles. The molecule has 2 rings (SSSR count). The van der Waals surface area contributed by atoms with E-state index in [2.05, 4.69) is 0 Å². The van der Waals surface area contributed by atoms with Crippen molar-refractivity contribution in [3.63, 3.8) is 0 Å².